The maximum Gasteiger partial charge on any atom is 0.244 e. The summed E-state index contributed by atoms with van der Waals surface area (Å²) in [6, 6.07) is 10.2. The van der Waals surface area contributed by atoms with E-state index in [1.165, 1.54) is 30.1 Å². The molecule has 7 nitrogen and oxygen atoms in total. The fourth-order valence-corrected chi connectivity index (χ4v) is 4.09. The molecule has 0 heterocycles. The Hall–Kier alpha value is -2.00. The maximum atomic E-state index is 13.2. The molecule has 11 heteroatoms. The second-order valence-corrected chi connectivity index (χ2v) is 9.96. The van der Waals surface area contributed by atoms with E-state index in [0.29, 0.717) is 5.02 Å². The number of likely N-dealkylation sites (N-methyl/N-ethyl adjacent to an activating group) is 1. The summed E-state index contributed by atoms with van der Waals surface area (Å²) in [5.41, 5.74) is 0.915. The molecule has 0 fully saturated rings. The van der Waals surface area contributed by atoms with Crippen molar-refractivity contribution in [3.8, 4) is 0 Å². The number of amides is 2. The van der Waals surface area contributed by atoms with Gasteiger partial charge in [0.05, 0.1) is 22.0 Å². The highest BCUT2D eigenvalue weighted by molar-refractivity contribution is 7.92. The molecular formula is C20H22Cl3N3O4S. The smallest absolute Gasteiger partial charge is 0.244 e. The van der Waals surface area contributed by atoms with Crippen molar-refractivity contribution in [1.29, 1.82) is 0 Å². The molecule has 1 N–H and O–H groups in total. The van der Waals surface area contributed by atoms with Crippen molar-refractivity contribution in [3.63, 3.8) is 0 Å². The highest BCUT2D eigenvalue weighted by Gasteiger charge is 2.29. The van der Waals surface area contributed by atoms with E-state index in [9.17, 15) is 18.0 Å². The van der Waals surface area contributed by atoms with E-state index in [0.717, 1.165) is 16.1 Å². The fraction of sp³-hybridized carbons (Fsp3) is 0.300. The lowest BCUT2D eigenvalue weighted by Gasteiger charge is -2.31. The Bertz CT molecular complexity index is 1060. The summed E-state index contributed by atoms with van der Waals surface area (Å²) in [5, 5.41) is 3.44. The molecule has 0 aliphatic rings. The van der Waals surface area contributed by atoms with Crippen molar-refractivity contribution in [2.24, 2.45) is 0 Å². The SMILES string of the molecule is CNC(=O)[C@@H](C)N(Cc1ccc(Cl)cc1)C(=O)CN(c1ccc(Cl)c(Cl)c1)S(C)(=O)=O. The Kier molecular flexibility index (Phi) is 8.59. The molecule has 168 valence electrons. The van der Waals surface area contributed by atoms with E-state index >= 15 is 0 Å². The van der Waals surface area contributed by atoms with Crippen LogP contribution in [-0.2, 0) is 26.2 Å². The molecule has 0 spiro atoms. The summed E-state index contributed by atoms with van der Waals surface area (Å²) in [7, 11) is -2.38. The Morgan fingerprint density at radius 2 is 1.65 bits per heavy atom. The fourth-order valence-electron chi connectivity index (χ4n) is 2.83. The van der Waals surface area contributed by atoms with E-state index in [2.05, 4.69) is 5.32 Å². The highest BCUT2D eigenvalue weighted by Crippen LogP contribution is 2.28. The van der Waals surface area contributed by atoms with Gasteiger partial charge in [-0.25, -0.2) is 8.42 Å². The zero-order chi connectivity index (χ0) is 23.3. The minimum Gasteiger partial charge on any atom is -0.357 e. The van der Waals surface area contributed by atoms with Crippen molar-refractivity contribution in [1.82, 2.24) is 10.2 Å². The predicted octanol–water partition coefficient (Wildman–Crippen LogP) is 3.58. The number of hydrogen-bond donors (Lipinski definition) is 1. The largest absolute Gasteiger partial charge is 0.357 e. The van der Waals surface area contributed by atoms with Crippen LogP contribution in [0.25, 0.3) is 0 Å². The minimum atomic E-state index is -3.84. The second kappa shape index (κ2) is 10.5. The number of hydrogen-bond acceptors (Lipinski definition) is 4. The number of benzene rings is 2. The molecule has 0 aliphatic heterocycles. The van der Waals surface area contributed by atoms with Crippen LogP contribution >= 0.6 is 34.8 Å². The topological polar surface area (TPSA) is 86.8 Å². The van der Waals surface area contributed by atoms with Crippen LogP contribution in [0.2, 0.25) is 15.1 Å². The number of carbonyl (C=O) groups excluding carboxylic acids is 2. The van der Waals surface area contributed by atoms with Crippen LogP contribution in [0, 0.1) is 0 Å². The third kappa shape index (κ3) is 6.74. The van der Waals surface area contributed by atoms with Crippen LogP contribution in [-0.4, -0.2) is 51.0 Å². The van der Waals surface area contributed by atoms with Crippen LogP contribution in [0.5, 0.6) is 0 Å². The van der Waals surface area contributed by atoms with Gasteiger partial charge in [-0.3, -0.25) is 13.9 Å². The summed E-state index contributed by atoms with van der Waals surface area (Å²) in [6.07, 6.45) is 0.981. The molecular weight excluding hydrogens is 485 g/mol. The summed E-state index contributed by atoms with van der Waals surface area (Å²) in [6.45, 7) is 1.13. The molecule has 0 aliphatic carbocycles. The maximum absolute atomic E-state index is 13.2. The standard InChI is InChI=1S/C20H22Cl3N3O4S/c1-13(20(28)24-2)25(11-14-4-6-15(21)7-5-14)19(27)12-26(31(3,29)30)16-8-9-17(22)18(23)10-16/h4-10,13H,11-12H2,1-3H3,(H,24,28)/t13-/m1/s1. The van der Waals surface area contributed by atoms with Crippen molar-refractivity contribution < 1.29 is 18.0 Å². The monoisotopic (exact) mass is 505 g/mol. The average molecular weight is 507 g/mol. The van der Waals surface area contributed by atoms with E-state index in [1.807, 2.05) is 0 Å². The lowest BCUT2D eigenvalue weighted by Crippen LogP contribution is -2.50. The van der Waals surface area contributed by atoms with Crippen molar-refractivity contribution in [3.05, 3.63) is 63.1 Å². The number of nitrogens with zero attached hydrogens (tertiary/aromatic N) is 2. The first kappa shape index (κ1) is 25.3. The highest BCUT2D eigenvalue weighted by atomic mass is 35.5. The predicted molar refractivity (Wildman–Crippen MR) is 124 cm³/mol. The summed E-state index contributed by atoms with van der Waals surface area (Å²) in [4.78, 5) is 26.8. The first-order chi connectivity index (χ1) is 14.4. The number of anilines is 1. The van der Waals surface area contributed by atoms with Gasteiger partial charge < -0.3 is 10.2 Å². The van der Waals surface area contributed by atoms with Crippen LogP contribution < -0.4 is 9.62 Å². The Balaban J connectivity index is 2.39. The molecule has 2 aromatic rings. The molecule has 0 saturated carbocycles. The van der Waals surface area contributed by atoms with Crippen molar-refractivity contribution in [2.75, 3.05) is 24.2 Å². The van der Waals surface area contributed by atoms with Gasteiger partial charge in [-0.15, -0.1) is 0 Å². The van der Waals surface area contributed by atoms with Gasteiger partial charge in [-0.2, -0.15) is 0 Å². The number of nitrogens with one attached hydrogen (secondary N) is 1. The van der Waals surface area contributed by atoms with Gasteiger partial charge in [0.15, 0.2) is 0 Å². The van der Waals surface area contributed by atoms with Crippen LogP contribution in [0.3, 0.4) is 0 Å². The third-order valence-corrected chi connectivity index (χ3v) is 6.68. The van der Waals surface area contributed by atoms with Gasteiger partial charge in [-0.1, -0.05) is 46.9 Å². The summed E-state index contributed by atoms with van der Waals surface area (Å²) in [5.74, 6) is -0.953. The number of carbonyl (C=O) groups is 2. The molecule has 2 amide bonds. The molecule has 0 radical (unpaired) electrons. The van der Waals surface area contributed by atoms with Gasteiger partial charge in [-0.05, 0) is 42.8 Å². The molecule has 1 atom stereocenters. The van der Waals surface area contributed by atoms with E-state index in [1.54, 1.807) is 31.2 Å². The van der Waals surface area contributed by atoms with Crippen LogP contribution in [0.1, 0.15) is 12.5 Å². The zero-order valence-electron chi connectivity index (χ0n) is 17.1. The molecule has 2 rings (SSSR count). The van der Waals surface area contributed by atoms with E-state index in [4.69, 9.17) is 34.8 Å². The lowest BCUT2D eigenvalue weighted by molar-refractivity contribution is -0.139. The van der Waals surface area contributed by atoms with E-state index in [-0.39, 0.29) is 28.2 Å². The Labute approximate surface area is 196 Å². The molecule has 0 bridgehead atoms. The van der Waals surface area contributed by atoms with Crippen molar-refractivity contribution in [2.45, 2.75) is 19.5 Å². The van der Waals surface area contributed by atoms with E-state index < -0.39 is 28.5 Å². The number of halogens is 3. The summed E-state index contributed by atoms with van der Waals surface area (Å²) >= 11 is 17.9. The quantitative estimate of drug-likeness (QED) is 0.593. The third-order valence-electron chi connectivity index (χ3n) is 4.55. The minimum absolute atomic E-state index is 0.0869. The van der Waals surface area contributed by atoms with Gasteiger partial charge >= 0.3 is 0 Å². The van der Waals surface area contributed by atoms with Gasteiger partial charge in [0.2, 0.25) is 21.8 Å². The summed E-state index contributed by atoms with van der Waals surface area (Å²) < 4.78 is 25.8. The van der Waals surface area contributed by atoms with Gasteiger partial charge in [0.1, 0.15) is 12.6 Å². The molecule has 31 heavy (non-hydrogen) atoms. The molecule has 0 unspecified atom stereocenters. The lowest BCUT2D eigenvalue weighted by atomic mass is 10.1. The Morgan fingerprint density at radius 1 is 1.03 bits per heavy atom. The zero-order valence-corrected chi connectivity index (χ0v) is 20.2. The first-order valence-electron chi connectivity index (χ1n) is 9.12. The average Bonchev–Trinajstić information content (AvgIpc) is 2.71. The van der Waals surface area contributed by atoms with Gasteiger partial charge in [0.25, 0.3) is 0 Å². The number of sulfonamides is 1. The van der Waals surface area contributed by atoms with Crippen LogP contribution in [0.4, 0.5) is 5.69 Å². The molecule has 0 aromatic heterocycles. The normalized spacial score (nSPS) is 12.2. The van der Waals surface area contributed by atoms with Gasteiger partial charge in [0, 0.05) is 18.6 Å². The van der Waals surface area contributed by atoms with Crippen LogP contribution in [0.15, 0.2) is 42.5 Å². The van der Waals surface area contributed by atoms with Crippen molar-refractivity contribution >= 4 is 62.3 Å². The first-order valence-corrected chi connectivity index (χ1v) is 12.1. The molecule has 0 saturated heterocycles. The molecule has 2 aromatic carbocycles. The Morgan fingerprint density at radius 3 is 2.16 bits per heavy atom. The second-order valence-electron chi connectivity index (χ2n) is 6.81. The number of rotatable bonds is 8.